The SMILES string of the molecule is COc1ccc(CNc2nc(C(N3CCC(O)CC3)N3CCC(O)CC3)nc3sc4c(c23)CCCC4)cc1Cl. The molecule has 3 aromatic rings. The summed E-state index contributed by atoms with van der Waals surface area (Å²) >= 11 is 8.24. The van der Waals surface area contributed by atoms with Crippen LogP contribution in [0, 0.1) is 0 Å². The number of aliphatic hydroxyl groups excluding tert-OH is 2. The van der Waals surface area contributed by atoms with Crippen molar-refractivity contribution in [1.82, 2.24) is 19.8 Å². The zero-order chi connectivity index (χ0) is 26.9. The van der Waals surface area contributed by atoms with E-state index < -0.39 is 0 Å². The molecule has 3 aliphatic rings. The molecule has 0 unspecified atom stereocenters. The van der Waals surface area contributed by atoms with E-state index in [1.54, 1.807) is 7.11 Å². The summed E-state index contributed by atoms with van der Waals surface area (Å²) in [4.78, 5) is 17.8. The van der Waals surface area contributed by atoms with Crippen LogP contribution < -0.4 is 10.1 Å². The average Bonchev–Trinajstić information content (AvgIpc) is 3.33. The Labute approximate surface area is 239 Å². The number of benzene rings is 1. The Morgan fingerprint density at radius 3 is 2.33 bits per heavy atom. The molecule has 6 rings (SSSR count). The molecule has 0 radical (unpaired) electrons. The lowest BCUT2D eigenvalue weighted by atomic mass is 9.97. The van der Waals surface area contributed by atoms with Crippen LogP contribution in [-0.2, 0) is 19.4 Å². The van der Waals surface area contributed by atoms with Gasteiger partial charge in [-0.2, -0.15) is 0 Å². The van der Waals surface area contributed by atoms with Gasteiger partial charge in [0, 0.05) is 37.6 Å². The van der Waals surface area contributed by atoms with Crippen LogP contribution in [0.5, 0.6) is 5.75 Å². The van der Waals surface area contributed by atoms with E-state index in [-0.39, 0.29) is 18.4 Å². The van der Waals surface area contributed by atoms with Crippen LogP contribution in [0.15, 0.2) is 18.2 Å². The molecular formula is C29H38ClN5O3S. The van der Waals surface area contributed by atoms with Crippen molar-refractivity contribution < 1.29 is 14.9 Å². The van der Waals surface area contributed by atoms with Crippen molar-refractivity contribution in [3.05, 3.63) is 45.1 Å². The second kappa shape index (κ2) is 11.8. The lowest BCUT2D eigenvalue weighted by Crippen LogP contribution is -2.49. The maximum Gasteiger partial charge on any atom is 0.164 e. The number of aliphatic hydroxyl groups is 2. The van der Waals surface area contributed by atoms with E-state index in [9.17, 15) is 10.2 Å². The summed E-state index contributed by atoms with van der Waals surface area (Å²) in [6, 6.07) is 5.87. The monoisotopic (exact) mass is 571 g/mol. The fourth-order valence-electron chi connectivity index (χ4n) is 6.24. The minimum Gasteiger partial charge on any atom is -0.495 e. The van der Waals surface area contributed by atoms with Gasteiger partial charge in [-0.3, -0.25) is 9.80 Å². The summed E-state index contributed by atoms with van der Waals surface area (Å²) < 4.78 is 5.33. The van der Waals surface area contributed by atoms with E-state index in [2.05, 4.69) is 15.1 Å². The van der Waals surface area contributed by atoms with E-state index in [0.29, 0.717) is 17.3 Å². The van der Waals surface area contributed by atoms with Gasteiger partial charge in [0.15, 0.2) is 5.82 Å². The van der Waals surface area contributed by atoms with Crippen LogP contribution in [0.1, 0.15) is 66.5 Å². The van der Waals surface area contributed by atoms with Gasteiger partial charge in [0.2, 0.25) is 0 Å². The van der Waals surface area contributed by atoms with Crippen LogP contribution in [0.4, 0.5) is 5.82 Å². The van der Waals surface area contributed by atoms with Gasteiger partial charge >= 0.3 is 0 Å². The number of hydrogen-bond acceptors (Lipinski definition) is 9. The van der Waals surface area contributed by atoms with Crippen molar-refractivity contribution in [2.45, 2.75) is 76.3 Å². The number of fused-ring (bicyclic) bond motifs is 3. The Morgan fingerprint density at radius 2 is 1.69 bits per heavy atom. The number of aromatic nitrogens is 2. The van der Waals surface area contributed by atoms with Crippen LogP contribution in [-0.4, -0.2) is 75.5 Å². The molecule has 10 heteroatoms. The maximum atomic E-state index is 10.2. The molecule has 1 aromatic carbocycles. The normalized spacial score (nSPS) is 20.0. The molecule has 2 fully saturated rings. The number of hydrogen-bond donors (Lipinski definition) is 3. The number of thiophene rings is 1. The minimum atomic E-state index is -0.244. The summed E-state index contributed by atoms with van der Waals surface area (Å²) in [5.74, 6) is 2.37. The van der Waals surface area contributed by atoms with Crippen molar-refractivity contribution in [2.75, 3.05) is 38.6 Å². The molecule has 39 heavy (non-hydrogen) atoms. The number of piperidine rings is 2. The number of ether oxygens (including phenoxy) is 1. The fraction of sp³-hybridized carbons (Fsp3) is 0.586. The highest BCUT2D eigenvalue weighted by Crippen LogP contribution is 2.40. The molecule has 0 atom stereocenters. The topological polar surface area (TPSA) is 94.0 Å². The molecule has 0 spiro atoms. The maximum absolute atomic E-state index is 10.2. The molecule has 2 aliphatic heterocycles. The first-order valence-electron chi connectivity index (χ1n) is 14.2. The molecule has 1 aliphatic carbocycles. The summed E-state index contributed by atoms with van der Waals surface area (Å²) in [5, 5.41) is 25.8. The Kier molecular flexibility index (Phi) is 8.25. The van der Waals surface area contributed by atoms with Gasteiger partial charge in [0.05, 0.1) is 29.7 Å². The molecule has 2 saturated heterocycles. The van der Waals surface area contributed by atoms with Crippen LogP contribution >= 0.6 is 22.9 Å². The van der Waals surface area contributed by atoms with Crippen molar-refractivity contribution in [2.24, 2.45) is 0 Å². The van der Waals surface area contributed by atoms with Crippen LogP contribution in [0.2, 0.25) is 5.02 Å². The van der Waals surface area contributed by atoms with Crippen molar-refractivity contribution in [1.29, 1.82) is 0 Å². The Balaban J connectivity index is 1.39. The minimum absolute atomic E-state index is 0.0792. The second-order valence-electron chi connectivity index (χ2n) is 11.1. The van der Waals surface area contributed by atoms with Crippen LogP contribution in [0.3, 0.4) is 0 Å². The Morgan fingerprint density at radius 1 is 1.03 bits per heavy atom. The molecule has 210 valence electrons. The summed E-state index contributed by atoms with van der Waals surface area (Å²) in [7, 11) is 1.63. The number of anilines is 1. The molecule has 8 nitrogen and oxygen atoms in total. The van der Waals surface area contributed by atoms with Gasteiger partial charge < -0.3 is 20.3 Å². The third-order valence-corrected chi connectivity index (χ3v) is 9.91. The standard InChI is InChI=1S/C29H38ClN5O3S/c1-38-23-7-6-18(16-22(23)30)17-31-26-25-21-4-2-3-5-24(21)39-28(25)33-27(32-26)29(34-12-8-19(36)9-13-34)35-14-10-20(37)11-15-35/h6-7,16,19-20,29,36-37H,2-5,8-15,17H2,1H3,(H,31,32,33). The summed E-state index contributed by atoms with van der Waals surface area (Å²) in [5.41, 5.74) is 2.46. The molecule has 3 N–H and O–H groups in total. The van der Waals surface area contributed by atoms with E-state index in [4.69, 9.17) is 26.3 Å². The smallest absolute Gasteiger partial charge is 0.164 e. The zero-order valence-corrected chi connectivity index (χ0v) is 24.1. The molecular weight excluding hydrogens is 534 g/mol. The number of halogens is 1. The van der Waals surface area contributed by atoms with Crippen molar-refractivity contribution in [3.8, 4) is 5.75 Å². The van der Waals surface area contributed by atoms with Gasteiger partial charge in [-0.1, -0.05) is 17.7 Å². The average molecular weight is 572 g/mol. The number of nitrogens with one attached hydrogen (secondary N) is 1. The van der Waals surface area contributed by atoms with Gasteiger partial charge in [-0.25, -0.2) is 9.97 Å². The summed E-state index contributed by atoms with van der Waals surface area (Å²) in [6.45, 7) is 3.82. The third kappa shape index (κ3) is 5.76. The van der Waals surface area contributed by atoms with Gasteiger partial charge in [0.25, 0.3) is 0 Å². The lowest BCUT2D eigenvalue weighted by Gasteiger charge is -2.43. The largest absolute Gasteiger partial charge is 0.495 e. The van der Waals surface area contributed by atoms with Gasteiger partial charge in [-0.05, 0) is 74.6 Å². The summed E-state index contributed by atoms with van der Waals surface area (Å²) in [6.07, 6.45) is 7.05. The first kappa shape index (κ1) is 27.2. The number of rotatable bonds is 7. The van der Waals surface area contributed by atoms with E-state index >= 15 is 0 Å². The molecule has 0 bridgehead atoms. The second-order valence-corrected chi connectivity index (χ2v) is 12.5. The van der Waals surface area contributed by atoms with E-state index in [1.807, 2.05) is 29.5 Å². The van der Waals surface area contributed by atoms with E-state index in [0.717, 1.165) is 86.7 Å². The quantitative estimate of drug-likeness (QED) is 0.374. The first-order valence-corrected chi connectivity index (χ1v) is 15.4. The highest BCUT2D eigenvalue weighted by molar-refractivity contribution is 7.19. The number of methoxy groups -OCH3 is 1. The number of aryl methyl sites for hydroxylation is 2. The molecule has 0 saturated carbocycles. The highest BCUT2D eigenvalue weighted by atomic mass is 35.5. The number of likely N-dealkylation sites (tertiary alicyclic amines) is 2. The Bertz CT molecular complexity index is 1280. The highest BCUT2D eigenvalue weighted by Gasteiger charge is 2.35. The number of nitrogens with zero attached hydrogens (tertiary/aromatic N) is 4. The zero-order valence-electron chi connectivity index (χ0n) is 22.5. The predicted octanol–water partition coefficient (Wildman–Crippen LogP) is 4.76. The van der Waals surface area contributed by atoms with Crippen LogP contribution in [0.25, 0.3) is 10.2 Å². The molecule has 0 amide bonds. The predicted molar refractivity (Wildman–Crippen MR) is 156 cm³/mol. The molecule has 2 aromatic heterocycles. The third-order valence-electron chi connectivity index (χ3n) is 8.43. The fourth-order valence-corrected chi connectivity index (χ4v) is 7.79. The van der Waals surface area contributed by atoms with Crippen molar-refractivity contribution in [3.63, 3.8) is 0 Å². The van der Waals surface area contributed by atoms with Crippen molar-refractivity contribution >= 4 is 39.0 Å². The molecule has 4 heterocycles. The van der Waals surface area contributed by atoms with Gasteiger partial charge in [0.1, 0.15) is 22.6 Å². The lowest BCUT2D eigenvalue weighted by molar-refractivity contribution is -0.0338. The Hall–Kier alpha value is -2.01. The van der Waals surface area contributed by atoms with E-state index in [1.165, 1.54) is 28.7 Å². The van der Waals surface area contributed by atoms with Gasteiger partial charge in [-0.15, -0.1) is 11.3 Å². The first-order chi connectivity index (χ1) is 19.0.